The number of ether oxygens (including phenoxy) is 1. The van der Waals surface area contributed by atoms with Crippen molar-refractivity contribution in [2.24, 2.45) is 5.92 Å². The van der Waals surface area contributed by atoms with E-state index in [0.717, 1.165) is 34.8 Å². The number of hydrogen-bond acceptors (Lipinski definition) is 6. The van der Waals surface area contributed by atoms with Crippen molar-refractivity contribution < 1.29 is 9.84 Å². The van der Waals surface area contributed by atoms with Crippen molar-refractivity contribution >= 4 is 0 Å². The van der Waals surface area contributed by atoms with Gasteiger partial charge in [-0.25, -0.2) is 0 Å². The molecule has 0 fully saturated rings. The summed E-state index contributed by atoms with van der Waals surface area (Å²) in [4.78, 5) is 8.88. The summed E-state index contributed by atoms with van der Waals surface area (Å²) in [5.74, 6) is 1.53. The smallest absolute Gasteiger partial charge is 0.138 e. The molecule has 2 atom stereocenters. The Balaban J connectivity index is 1.34. The van der Waals surface area contributed by atoms with Gasteiger partial charge in [-0.15, -0.1) is 0 Å². The second-order valence-electron chi connectivity index (χ2n) is 9.55. The molecule has 0 amide bonds. The lowest BCUT2D eigenvalue weighted by atomic mass is 9.85. The lowest BCUT2D eigenvalue weighted by Crippen LogP contribution is -2.18. The molecule has 1 N–H and O–H groups in total. The highest BCUT2D eigenvalue weighted by Crippen LogP contribution is 2.29. The highest BCUT2D eigenvalue weighted by atomic mass is 16.5. The van der Waals surface area contributed by atoms with Crippen molar-refractivity contribution in [2.45, 2.75) is 52.2 Å². The molecule has 6 heteroatoms. The minimum absolute atomic E-state index is 0.370. The molecule has 4 rings (SSSR count). The molecule has 6 nitrogen and oxygen atoms in total. The number of aliphatic hydroxyl groups is 1. The quantitative estimate of drug-likeness (QED) is 0.338. The minimum Gasteiger partial charge on any atom is -0.486 e. The first-order valence-corrected chi connectivity index (χ1v) is 11.9. The second-order valence-corrected chi connectivity index (χ2v) is 9.55. The van der Waals surface area contributed by atoms with Gasteiger partial charge in [-0.1, -0.05) is 44.2 Å². The van der Waals surface area contributed by atoms with E-state index in [1.165, 1.54) is 5.56 Å². The zero-order valence-corrected chi connectivity index (χ0v) is 20.7. The predicted octanol–water partition coefficient (Wildman–Crippen LogP) is 5.72. The van der Waals surface area contributed by atoms with Gasteiger partial charge in [0.05, 0.1) is 23.3 Å². The van der Waals surface area contributed by atoms with Gasteiger partial charge < -0.3 is 9.84 Å². The fourth-order valence-corrected chi connectivity index (χ4v) is 3.86. The summed E-state index contributed by atoms with van der Waals surface area (Å²) >= 11 is 0. The largest absolute Gasteiger partial charge is 0.486 e. The first-order valence-electron chi connectivity index (χ1n) is 11.9. The number of nitrogens with zero attached hydrogens (tertiary/aromatic N) is 4. The molecule has 1 aromatic carbocycles. The maximum atomic E-state index is 10.1. The Hall–Kier alpha value is -3.64. The zero-order valence-electron chi connectivity index (χ0n) is 20.7. The van der Waals surface area contributed by atoms with Gasteiger partial charge in [-0.3, -0.25) is 9.97 Å². The van der Waals surface area contributed by atoms with Crippen molar-refractivity contribution in [2.75, 3.05) is 0 Å². The summed E-state index contributed by atoms with van der Waals surface area (Å²) in [5.41, 5.74) is 4.57. The summed E-state index contributed by atoms with van der Waals surface area (Å²) in [6.07, 6.45) is 4.43. The zero-order chi connectivity index (χ0) is 24.8. The third kappa shape index (κ3) is 6.49. The van der Waals surface area contributed by atoms with Crippen LogP contribution in [0.5, 0.6) is 5.75 Å². The van der Waals surface area contributed by atoms with Crippen molar-refractivity contribution in [3.8, 4) is 17.0 Å². The molecule has 0 radical (unpaired) electrons. The number of aromatic nitrogens is 4. The van der Waals surface area contributed by atoms with E-state index in [9.17, 15) is 5.11 Å². The molecule has 3 aromatic heterocycles. The molecule has 180 valence electrons. The topological polar surface area (TPSA) is 81.0 Å². The van der Waals surface area contributed by atoms with Gasteiger partial charge in [0.1, 0.15) is 18.0 Å². The maximum absolute atomic E-state index is 10.1. The summed E-state index contributed by atoms with van der Waals surface area (Å²) in [7, 11) is 0. The molecule has 2 unspecified atom stereocenters. The van der Waals surface area contributed by atoms with Crippen LogP contribution < -0.4 is 4.74 Å². The van der Waals surface area contributed by atoms with Crippen LogP contribution in [-0.2, 0) is 18.6 Å². The van der Waals surface area contributed by atoms with Gasteiger partial charge in [0.15, 0.2) is 0 Å². The molecule has 0 bridgehead atoms. The van der Waals surface area contributed by atoms with Crippen molar-refractivity contribution in [1.82, 2.24) is 20.2 Å². The van der Waals surface area contributed by atoms with Crippen molar-refractivity contribution in [1.29, 1.82) is 0 Å². The second kappa shape index (κ2) is 10.7. The van der Waals surface area contributed by atoms with Crippen LogP contribution in [0.15, 0.2) is 79.1 Å². The normalized spacial score (nSPS) is 13.3. The monoisotopic (exact) mass is 468 g/mol. The molecule has 0 aliphatic heterocycles. The van der Waals surface area contributed by atoms with Gasteiger partial charge in [-0.2, -0.15) is 10.2 Å². The lowest BCUT2D eigenvalue weighted by Gasteiger charge is -2.20. The molecule has 0 aliphatic carbocycles. The third-order valence-electron chi connectivity index (χ3n) is 6.32. The van der Waals surface area contributed by atoms with E-state index >= 15 is 0 Å². The Labute approximate surface area is 207 Å². The number of pyridine rings is 2. The van der Waals surface area contributed by atoms with E-state index < -0.39 is 5.60 Å². The molecular formula is C29H32N4O2. The number of rotatable bonds is 9. The van der Waals surface area contributed by atoms with Gasteiger partial charge in [0.2, 0.25) is 0 Å². The van der Waals surface area contributed by atoms with Gasteiger partial charge >= 0.3 is 0 Å². The van der Waals surface area contributed by atoms with Crippen LogP contribution >= 0.6 is 0 Å². The fourth-order valence-electron chi connectivity index (χ4n) is 3.86. The van der Waals surface area contributed by atoms with Crippen molar-refractivity contribution in [3.63, 3.8) is 0 Å². The molecule has 35 heavy (non-hydrogen) atoms. The van der Waals surface area contributed by atoms with Crippen LogP contribution in [0.3, 0.4) is 0 Å². The van der Waals surface area contributed by atoms with Crippen LogP contribution in [-0.4, -0.2) is 25.3 Å². The number of hydrogen-bond donors (Lipinski definition) is 1. The average Bonchev–Trinajstić information content (AvgIpc) is 2.88. The predicted molar refractivity (Wildman–Crippen MR) is 137 cm³/mol. The summed E-state index contributed by atoms with van der Waals surface area (Å²) in [5, 5.41) is 18.5. The Morgan fingerprint density at radius 3 is 2.26 bits per heavy atom. The molecule has 0 aliphatic rings. The Bertz CT molecular complexity index is 1200. The molecule has 4 aromatic rings. The summed E-state index contributed by atoms with van der Waals surface area (Å²) in [6, 6.07) is 22.0. The van der Waals surface area contributed by atoms with E-state index in [-0.39, 0.29) is 0 Å². The first kappa shape index (κ1) is 24.5. The van der Waals surface area contributed by atoms with Crippen LogP contribution in [0, 0.1) is 5.92 Å². The SMILES string of the molecule is CC(Cc1ccc(OCc2ccccn2)cn1)C(C)c1ccc(-c2ccc(C(C)(C)O)nn2)cc1. The van der Waals surface area contributed by atoms with E-state index in [1.54, 1.807) is 26.2 Å². The van der Waals surface area contributed by atoms with Gasteiger partial charge in [0.25, 0.3) is 0 Å². The van der Waals surface area contributed by atoms with E-state index in [1.807, 2.05) is 42.5 Å². The summed E-state index contributed by atoms with van der Waals surface area (Å²) in [6.45, 7) is 8.35. The van der Waals surface area contributed by atoms with Crippen LogP contribution in [0.25, 0.3) is 11.3 Å². The van der Waals surface area contributed by atoms with Gasteiger partial charge in [0, 0.05) is 17.5 Å². The molecule has 3 heterocycles. The van der Waals surface area contributed by atoms with Crippen LogP contribution in [0.1, 0.15) is 56.3 Å². The van der Waals surface area contributed by atoms with Crippen LogP contribution in [0.2, 0.25) is 0 Å². The Morgan fingerprint density at radius 2 is 1.66 bits per heavy atom. The van der Waals surface area contributed by atoms with E-state index in [2.05, 4.69) is 58.3 Å². The van der Waals surface area contributed by atoms with E-state index in [4.69, 9.17) is 4.74 Å². The molecular weight excluding hydrogens is 436 g/mol. The third-order valence-corrected chi connectivity index (χ3v) is 6.32. The number of benzene rings is 1. The minimum atomic E-state index is -0.997. The van der Waals surface area contributed by atoms with Crippen LogP contribution in [0.4, 0.5) is 0 Å². The van der Waals surface area contributed by atoms with E-state index in [0.29, 0.717) is 24.1 Å². The molecule has 0 saturated carbocycles. The summed E-state index contributed by atoms with van der Waals surface area (Å²) < 4.78 is 5.79. The fraction of sp³-hybridized carbons (Fsp3) is 0.310. The standard InChI is InChI=1S/C29H32N4O2/c1-20(17-24-12-13-26(18-31-24)35-19-25-7-5-6-16-30-25)21(2)22-8-10-23(11-9-22)27-14-15-28(33-32-27)29(3,4)34/h5-16,18,20-21,34H,17,19H2,1-4H3. The Kier molecular flexibility index (Phi) is 7.51. The van der Waals surface area contributed by atoms with Crippen molar-refractivity contribution in [3.05, 3.63) is 102 Å². The molecule has 0 saturated heterocycles. The van der Waals surface area contributed by atoms with Gasteiger partial charge in [-0.05, 0) is 74.1 Å². The maximum Gasteiger partial charge on any atom is 0.138 e. The Morgan fingerprint density at radius 1 is 0.857 bits per heavy atom. The molecule has 0 spiro atoms. The highest BCUT2D eigenvalue weighted by molar-refractivity contribution is 5.59. The lowest BCUT2D eigenvalue weighted by molar-refractivity contribution is 0.0729. The average molecular weight is 469 g/mol. The highest BCUT2D eigenvalue weighted by Gasteiger charge is 2.19. The first-order chi connectivity index (χ1) is 16.8.